The van der Waals surface area contributed by atoms with Gasteiger partial charge in [-0.25, -0.2) is 9.78 Å². The van der Waals surface area contributed by atoms with Crippen molar-refractivity contribution in [2.45, 2.75) is 12.6 Å². The Morgan fingerprint density at radius 3 is 2.45 bits per heavy atom. The van der Waals surface area contributed by atoms with Crippen molar-refractivity contribution in [1.82, 2.24) is 24.6 Å². The van der Waals surface area contributed by atoms with Crippen molar-refractivity contribution in [1.29, 1.82) is 0 Å². The average molecular weight is 389 g/mol. The summed E-state index contributed by atoms with van der Waals surface area (Å²) >= 11 is 0. The topological polar surface area (TPSA) is 95.0 Å². The summed E-state index contributed by atoms with van der Waals surface area (Å²) in [5, 5.41) is 7.07. The monoisotopic (exact) mass is 389 g/mol. The van der Waals surface area contributed by atoms with E-state index in [9.17, 15) is 9.59 Å². The van der Waals surface area contributed by atoms with Crippen molar-refractivity contribution >= 4 is 5.91 Å². The van der Waals surface area contributed by atoms with Gasteiger partial charge in [-0.15, -0.1) is 5.10 Å². The van der Waals surface area contributed by atoms with Crippen LogP contribution in [0.4, 0.5) is 0 Å². The fraction of sp³-hybridized carbons (Fsp3) is 0.143. The first kappa shape index (κ1) is 18.4. The van der Waals surface area contributed by atoms with Crippen LogP contribution in [0.5, 0.6) is 0 Å². The van der Waals surface area contributed by atoms with Gasteiger partial charge in [0, 0.05) is 25.0 Å². The minimum atomic E-state index is -0.688. The maximum absolute atomic E-state index is 12.7. The van der Waals surface area contributed by atoms with E-state index in [-0.39, 0.29) is 18.3 Å². The minimum absolute atomic E-state index is 0.173. The summed E-state index contributed by atoms with van der Waals surface area (Å²) in [6.45, 7) is -0.261. The third-order valence-electron chi connectivity index (χ3n) is 4.48. The first-order chi connectivity index (χ1) is 14.1. The molecule has 0 radical (unpaired) electrons. The highest BCUT2D eigenvalue weighted by Gasteiger charge is 2.22. The van der Waals surface area contributed by atoms with Gasteiger partial charge in [0.2, 0.25) is 11.8 Å². The third-order valence-corrected chi connectivity index (χ3v) is 4.48. The van der Waals surface area contributed by atoms with Gasteiger partial charge < -0.3 is 14.3 Å². The van der Waals surface area contributed by atoms with Crippen molar-refractivity contribution in [3.05, 3.63) is 95.0 Å². The number of carbonyl (C=O) groups excluding carboxylic acids is 1. The molecule has 29 heavy (non-hydrogen) atoms. The maximum Gasteiger partial charge on any atom is 0.437 e. The van der Waals surface area contributed by atoms with E-state index in [0.717, 1.165) is 10.2 Å². The zero-order chi connectivity index (χ0) is 20.2. The van der Waals surface area contributed by atoms with Crippen LogP contribution < -0.4 is 11.1 Å². The van der Waals surface area contributed by atoms with Gasteiger partial charge in [0.25, 0.3) is 0 Å². The van der Waals surface area contributed by atoms with E-state index in [2.05, 4.69) is 15.4 Å². The maximum atomic E-state index is 12.7. The lowest BCUT2D eigenvalue weighted by atomic mass is 10.1. The molecule has 0 aliphatic carbocycles. The van der Waals surface area contributed by atoms with Crippen LogP contribution in [0.2, 0.25) is 0 Å². The molecule has 1 unspecified atom stereocenters. The summed E-state index contributed by atoms with van der Waals surface area (Å²) in [5.41, 5.74) is 1.55. The van der Waals surface area contributed by atoms with Crippen molar-refractivity contribution in [3.8, 4) is 11.5 Å². The van der Waals surface area contributed by atoms with Crippen LogP contribution >= 0.6 is 0 Å². The quantitative estimate of drug-likeness (QED) is 0.545. The van der Waals surface area contributed by atoms with Crippen molar-refractivity contribution in [3.63, 3.8) is 0 Å². The predicted octanol–water partition coefficient (Wildman–Crippen LogP) is 2.14. The number of carbonyl (C=O) groups is 1. The molecule has 8 heteroatoms. The van der Waals surface area contributed by atoms with Crippen LogP contribution in [0.3, 0.4) is 0 Å². The Balaban J connectivity index is 1.56. The number of nitrogens with zero attached hydrogens (tertiary/aromatic N) is 4. The van der Waals surface area contributed by atoms with Crippen LogP contribution in [0, 0.1) is 0 Å². The number of hydrogen-bond acceptors (Lipinski definition) is 5. The molecule has 4 aromatic rings. The Kier molecular flexibility index (Phi) is 5.07. The first-order valence-corrected chi connectivity index (χ1v) is 9.07. The fourth-order valence-electron chi connectivity index (χ4n) is 3.04. The smallest absolute Gasteiger partial charge is 0.388 e. The van der Waals surface area contributed by atoms with Gasteiger partial charge >= 0.3 is 5.76 Å². The van der Waals surface area contributed by atoms with Crippen molar-refractivity contribution in [2.24, 2.45) is 7.05 Å². The molecule has 0 saturated carbocycles. The lowest BCUT2D eigenvalue weighted by Crippen LogP contribution is -2.35. The van der Waals surface area contributed by atoms with Gasteiger partial charge in [0.05, 0.1) is 0 Å². The van der Waals surface area contributed by atoms with Crippen LogP contribution in [-0.2, 0) is 18.4 Å². The molecule has 0 aliphatic rings. The Hall–Kier alpha value is -3.94. The van der Waals surface area contributed by atoms with Crippen LogP contribution in [-0.4, -0.2) is 25.2 Å². The van der Waals surface area contributed by atoms with Gasteiger partial charge in [-0.1, -0.05) is 48.5 Å². The number of aryl methyl sites for hydroxylation is 1. The van der Waals surface area contributed by atoms with Crippen LogP contribution in [0.25, 0.3) is 11.5 Å². The number of amides is 1. The highest BCUT2D eigenvalue weighted by molar-refractivity contribution is 5.76. The number of hydrogen-bond donors (Lipinski definition) is 1. The molecule has 1 amide bonds. The standard InChI is InChI=1S/C21H19N5O3/c1-25-13-12-22-19(25)18(15-8-4-2-5-9-15)23-17(27)14-26-21(28)29-20(24-26)16-10-6-3-7-11-16/h2-13,18H,14H2,1H3,(H,23,27). The van der Waals surface area contributed by atoms with Crippen LogP contribution in [0.1, 0.15) is 17.4 Å². The van der Waals surface area contributed by atoms with E-state index in [1.54, 1.807) is 18.3 Å². The molecule has 1 atom stereocenters. The Labute approximate surface area is 166 Å². The minimum Gasteiger partial charge on any atom is -0.388 e. The molecule has 2 heterocycles. The third kappa shape index (κ3) is 4.01. The van der Waals surface area contributed by atoms with Gasteiger partial charge in [0.1, 0.15) is 18.4 Å². The largest absolute Gasteiger partial charge is 0.437 e. The lowest BCUT2D eigenvalue weighted by molar-refractivity contribution is -0.122. The summed E-state index contributed by atoms with van der Waals surface area (Å²) in [7, 11) is 1.86. The Bertz CT molecular complexity index is 1160. The molecule has 0 spiro atoms. The molecule has 146 valence electrons. The van der Waals surface area contributed by atoms with Gasteiger partial charge in [-0.3, -0.25) is 4.79 Å². The summed E-state index contributed by atoms with van der Waals surface area (Å²) in [6, 6.07) is 18.1. The summed E-state index contributed by atoms with van der Waals surface area (Å²) < 4.78 is 8.04. The molecule has 2 aromatic heterocycles. The number of imidazole rings is 1. The number of rotatable bonds is 6. The van der Waals surface area contributed by atoms with E-state index in [4.69, 9.17) is 4.42 Å². The van der Waals surface area contributed by atoms with E-state index in [1.807, 2.05) is 66.3 Å². The fourth-order valence-corrected chi connectivity index (χ4v) is 3.04. The van der Waals surface area contributed by atoms with E-state index >= 15 is 0 Å². The SMILES string of the molecule is Cn1ccnc1C(NC(=O)Cn1nc(-c2ccccc2)oc1=O)c1ccccc1. The molecule has 0 bridgehead atoms. The summed E-state index contributed by atoms with van der Waals surface area (Å²) in [4.78, 5) is 29.2. The van der Waals surface area contributed by atoms with E-state index in [1.165, 1.54) is 0 Å². The molecule has 8 nitrogen and oxygen atoms in total. The molecule has 1 N–H and O–H groups in total. The molecule has 0 aliphatic heterocycles. The molecular weight excluding hydrogens is 370 g/mol. The average Bonchev–Trinajstić information content (AvgIpc) is 3.33. The van der Waals surface area contributed by atoms with Crippen molar-refractivity contribution in [2.75, 3.05) is 0 Å². The lowest BCUT2D eigenvalue weighted by Gasteiger charge is -2.19. The highest BCUT2D eigenvalue weighted by atomic mass is 16.4. The zero-order valence-corrected chi connectivity index (χ0v) is 15.7. The Morgan fingerprint density at radius 2 is 1.79 bits per heavy atom. The molecule has 4 rings (SSSR count). The molecule has 0 saturated heterocycles. The number of nitrogens with one attached hydrogen (secondary N) is 1. The zero-order valence-electron chi connectivity index (χ0n) is 15.7. The van der Waals surface area contributed by atoms with Crippen LogP contribution in [0.15, 0.2) is 82.3 Å². The van der Waals surface area contributed by atoms with Gasteiger partial charge in [-0.2, -0.15) is 4.68 Å². The highest BCUT2D eigenvalue weighted by Crippen LogP contribution is 2.20. The predicted molar refractivity (Wildman–Crippen MR) is 106 cm³/mol. The Morgan fingerprint density at radius 1 is 1.10 bits per heavy atom. The second kappa shape index (κ2) is 7.97. The number of aromatic nitrogens is 4. The van der Waals surface area contributed by atoms with E-state index in [0.29, 0.717) is 11.4 Å². The molecule has 0 fully saturated rings. The van der Waals surface area contributed by atoms with Gasteiger partial charge in [0.15, 0.2) is 0 Å². The second-order valence-corrected chi connectivity index (χ2v) is 6.50. The summed E-state index contributed by atoms with van der Waals surface area (Å²) in [6.07, 6.45) is 3.48. The number of benzene rings is 2. The first-order valence-electron chi connectivity index (χ1n) is 9.07. The normalized spacial score (nSPS) is 11.9. The van der Waals surface area contributed by atoms with E-state index < -0.39 is 11.8 Å². The molecule has 2 aromatic carbocycles. The second-order valence-electron chi connectivity index (χ2n) is 6.50. The summed E-state index contributed by atoms with van der Waals surface area (Å²) in [5.74, 6) is -0.210. The van der Waals surface area contributed by atoms with Crippen molar-refractivity contribution < 1.29 is 9.21 Å². The molecular formula is C21H19N5O3. The van der Waals surface area contributed by atoms with Gasteiger partial charge in [-0.05, 0) is 17.7 Å².